The van der Waals surface area contributed by atoms with E-state index in [2.05, 4.69) is 5.32 Å². The zero-order chi connectivity index (χ0) is 11.4. The molecule has 2 unspecified atom stereocenters. The zero-order valence-corrected chi connectivity index (χ0v) is 10.2. The molecule has 1 saturated heterocycles. The fraction of sp³-hybridized carbons (Fsp3) is 0.923. The van der Waals surface area contributed by atoms with Gasteiger partial charge in [-0.1, -0.05) is 32.1 Å². The van der Waals surface area contributed by atoms with Gasteiger partial charge in [-0.25, -0.2) is 0 Å². The van der Waals surface area contributed by atoms with Crippen LogP contribution in [0.1, 0.15) is 38.5 Å². The first-order chi connectivity index (χ1) is 7.81. The van der Waals surface area contributed by atoms with Crippen LogP contribution in [0.15, 0.2) is 0 Å². The molecule has 1 heterocycles. The standard InChI is InChI=1S/C13H23NO2/c1-16-13(15)12-7-11(8-14-9-12)10-5-3-2-4-6-10/h10-12,14H,2-9H2,1H3. The van der Waals surface area contributed by atoms with Gasteiger partial charge in [-0.05, 0) is 24.8 Å². The number of rotatable bonds is 2. The first-order valence-electron chi connectivity index (χ1n) is 6.60. The van der Waals surface area contributed by atoms with Gasteiger partial charge < -0.3 is 10.1 Å². The maximum atomic E-state index is 11.5. The highest BCUT2D eigenvalue weighted by Gasteiger charge is 2.32. The van der Waals surface area contributed by atoms with Crippen molar-refractivity contribution >= 4 is 5.97 Å². The summed E-state index contributed by atoms with van der Waals surface area (Å²) in [6.45, 7) is 1.90. The third-order valence-electron chi connectivity index (χ3n) is 4.24. The molecule has 0 spiro atoms. The minimum absolute atomic E-state index is 0.0343. The predicted molar refractivity (Wildman–Crippen MR) is 63.1 cm³/mol. The van der Waals surface area contributed by atoms with Crippen LogP contribution >= 0.6 is 0 Å². The maximum absolute atomic E-state index is 11.5. The molecule has 0 aromatic heterocycles. The third-order valence-corrected chi connectivity index (χ3v) is 4.24. The number of hydrogen-bond acceptors (Lipinski definition) is 3. The van der Waals surface area contributed by atoms with Gasteiger partial charge in [-0.2, -0.15) is 0 Å². The van der Waals surface area contributed by atoms with Crippen molar-refractivity contribution in [2.45, 2.75) is 38.5 Å². The molecule has 0 amide bonds. The van der Waals surface area contributed by atoms with Gasteiger partial charge in [0.1, 0.15) is 0 Å². The van der Waals surface area contributed by atoms with Crippen LogP contribution in [0.5, 0.6) is 0 Å². The van der Waals surface area contributed by atoms with Crippen molar-refractivity contribution in [1.29, 1.82) is 0 Å². The van der Waals surface area contributed by atoms with Crippen LogP contribution in [0.25, 0.3) is 0 Å². The highest BCUT2D eigenvalue weighted by atomic mass is 16.5. The predicted octanol–water partition coefficient (Wildman–Crippen LogP) is 1.97. The van der Waals surface area contributed by atoms with Crippen LogP contribution in [-0.2, 0) is 9.53 Å². The van der Waals surface area contributed by atoms with Crippen LogP contribution in [-0.4, -0.2) is 26.2 Å². The quantitative estimate of drug-likeness (QED) is 0.730. The second kappa shape index (κ2) is 5.67. The minimum atomic E-state index is -0.0343. The molecule has 2 atom stereocenters. The smallest absolute Gasteiger partial charge is 0.309 e. The van der Waals surface area contributed by atoms with E-state index in [1.54, 1.807) is 0 Å². The molecule has 2 rings (SSSR count). The van der Waals surface area contributed by atoms with Crippen LogP contribution in [0.3, 0.4) is 0 Å². The van der Waals surface area contributed by atoms with E-state index in [1.165, 1.54) is 39.2 Å². The van der Waals surface area contributed by atoms with Gasteiger partial charge in [0.15, 0.2) is 0 Å². The van der Waals surface area contributed by atoms with Gasteiger partial charge in [0.2, 0.25) is 0 Å². The van der Waals surface area contributed by atoms with E-state index in [0.717, 1.165) is 25.4 Å². The summed E-state index contributed by atoms with van der Waals surface area (Å²) >= 11 is 0. The molecule has 0 aromatic carbocycles. The van der Waals surface area contributed by atoms with E-state index >= 15 is 0 Å². The molecular weight excluding hydrogens is 202 g/mol. The normalized spacial score (nSPS) is 32.3. The molecule has 1 N–H and O–H groups in total. The number of methoxy groups -OCH3 is 1. The Labute approximate surface area is 97.9 Å². The summed E-state index contributed by atoms with van der Waals surface area (Å²) in [4.78, 5) is 11.5. The van der Waals surface area contributed by atoms with Gasteiger partial charge in [0, 0.05) is 6.54 Å². The van der Waals surface area contributed by atoms with Crippen LogP contribution in [0.2, 0.25) is 0 Å². The van der Waals surface area contributed by atoms with Crippen LogP contribution in [0.4, 0.5) is 0 Å². The van der Waals surface area contributed by atoms with Crippen LogP contribution < -0.4 is 5.32 Å². The lowest BCUT2D eigenvalue weighted by Crippen LogP contribution is -2.43. The number of nitrogens with one attached hydrogen (secondary N) is 1. The summed E-state index contributed by atoms with van der Waals surface area (Å²) in [6.07, 6.45) is 7.91. The summed E-state index contributed by atoms with van der Waals surface area (Å²) in [5, 5.41) is 3.40. The highest BCUT2D eigenvalue weighted by Crippen LogP contribution is 2.34. The number of esters is 1. The Kier molecular flexibility index (Phi) is 4.22. The van der Waals surface area contributed by atoms with Crippen molar-refractivity contribution in [2.24, 2.45) is 17.8 Å². The van der Waals surface area contributed by atoms with E-state index in [9.17, 15) is 4.79 Å². The van der Waals surface area contributed by atoms with Crippen molar-refractivity contribution in [1.82, 2.24) is 5.32 Å². The molecule has 16 heavy (non-hydrogen) atoms. The maximum Gasteiger partial charge on any atom is 0.309 e. The molecule has 1 aliphatic carbocycles. The van der Waals surface area contributed by atoms with Gasteiger partial charge in [-0.15, -0.1) is 0 Å². The summed E-state index contributed by atoms with van der Waals surface area (Å²) in [7, 11) is 1.49. The summed E-state index contributed by atoms with van der Waals surface area (Å²) < 4.78 is 4.85. The molecule has 2 fully saturated rings. The number of ether oxygens (including phenoxy) is 1. The third kappa shape index (κ3) is 2.76. The zero-order valence-electron chi connectivity index (χ0n) is 10.2. The van der Waals surface area contributed by atoms with Gasteiger partial charge in [-0.3, -0.25) is 4.79 Å². The SMILES string of the molecule is COC(=O)C1CNCC(C2CCCCC2)C1. The summed E-state index contributed by atoms with van der Waals surface area (Å²) in [5.41, 5.74) is 0. The Morgan fingerprint density at radius 1 is 1.12 bits per heavy atom. The van der Waals surface area contributed by atoms with Crippen molar-refractivity contribution in [2.75, 3.05) is 20.2 Å². The van der Waals surface area contributed by atoms with Crippen LogP contribution in [0, 0.1) is 17.8 Å². The van der Waals surface area contributed by atoms with E-state index in [-0.39, 0.29) is 11.9 Å². The lowest BCUT2D eigenvalue weighted by molar-refractivity contribution is -0.146. The Morgan fingerprint density at radius 3 is 2.56 bits per heavy atom. The minimum Gasteiger partial charge on any atom is -0.469 e. The average Bonchev–Trinajstić information content (AvgIpc) is 2.39. The Morgan fingerprint density at radius 2 is 1.88 bits per heavy atom. The summed E-state index contributed by atoms with van der Waals surface area (Å²) in [6, 6.07) is 0. The molecule has 1 saturated carbocycles. The number of hydrogen-bond donors (Lipinski definition) is 1. The van der Waals surface area contributed by atoms with E-state index in [1.807, 2.05) is 0 Å². The van der Waals surface area contributed by atoms with Gasteiger partial charge in [0.05, 0.1) is 13.0 Å². The number of piperidine rings is 1. The van der Waals surface area contributed by atoms with Crippen molar-refractivity contribution in [3.63, 3.8) is 0 Å². The molecular formula is C13H23NO2. The first-order valence-corrected chi connectivity index (χ1v) is 6.60. The van der Waals surface area contributed by atoms with E-state index in [4.69, 9.17) is 4.74 Å². The molecule has 0 radical (unpaired) electrons. The number of carbonyl (C=O) groups excluding carboxylic acids is 1. The molecule has 3 heteroatoms. The molecule has 92 valence electrons. The molecule has 0 aromatic rings. The molecule has 3 nitrogen and oxygen atoms in total. The van der Waals surface area contributed by atoms with Crippen molar-refractivity contribution in [3.8, 4) is 0 Å². The largest absolute Gasteiger partial charge is 0.469 e. The van der Waals surface area contributed by atoms with E-state index in [0.29, 0.717) is 5.92 Å². The second-order valence-corrected chi connectivity index (χ2v) is 5.27. The fourth-order valence-electron chi connectivity index (χ4n) is 3.29. The Hall–Kier alpha value is -0.570. The molecule has 2 aliphatic rings. The Balaban J connectivity index is 1.87. The van der Waals surface area contributed by atoms with Gasteiger partial charge in [0.25, 0.3) is 0 Å². The second-order valence-electron chi connectivity index (χ2n) is 5.27. The molecule has 0 bridgehead atoms. The Bertz CT molecular complexity index is 236. The highest BCUT2D eigenvalue weighted by molar-refractivity contribution is 5.72. The number of carbonyl (C=O) groups is 1. The van der Waals surface area contributed by atoms with Crippen molar-refractivity contribution in [3.05, 3.63) is 0 Å². The lowest BCUT2D eigenvalue weighted by atomic mass is 9.75. The molecule has 1 aliphatic heterocycles. The van der Waals surface area contributed by atoms with Gasteiger partial charge >= 0.3 is 5.97 Å². The van der Waals surface area contributed by atoms with Crippen molar-refractivity contribution < 1.29 is 9.53 Å². The topological polar surface area (TPSA) is 38.3 Å². The average molecular weight is 225 g/mol. The first kappa shape index (κ1) is 11.9. The van der Waals surface area contributed by atoms with E-state index < -0.39 is 0 Å². The monoisotopic (exact) mass is 225 g/mol. The lowest BCUT2D eigenvalue weighted by Gasteiger charge is -2.36. The fourth-order valence-corrected chi connectivity index (χ4v) is 3.29. The summed E-state index contributed by atoms with van der Waals surface area (Å²) in [5.74, 6) is 1.59.